The van der Waals surface area contributed by atoms with Gasteiger partial charge >= 0.3 is 0 Å². The highest BCUT2D eigenvalue weighted by atomic mass is 16.5. The molecule has 1 aliphatic heterocycles. The fraction of sp³-hybridized carbons (Fsp3) is 0.360. The number of hydrogen-bond donors (Lipinski definition) is 0. The molecule has 1 fully saturated rings. The molecule has 2 aliphatic rings. The SMILES string of the molecule is C[B]c1cc(C(=O)/C=C/N(C)C)cc2c1N(Cc1ccc(OC)cc1)C(=O)C21CCC1. The van der Waals surface area contributed by atoms with E-state index in [0.717, 1.165) is 47.3 Å². The zero-order valence-electron chi connectivity index (χ0n) is 18.6. The molecule has 6 heteroatoms. The molecule has 0 bridgehead atoms. The smallest absolute Gasteiger partial charge is 0.238 e. The maximum Gasteiger partial charge on any atom is 0.238 e. The van der Waals surface area contributed by atoms with E-state index in [1.54, 1.807) is 19.4 Å². The molecule has 1 amide bonds. The van der Waals surface area contributed by atoms with Crippen molar-refractivity contribution < 1.29 is 14.3 Å². The molecule has 0 unspecified atom stereocenters. The molecule has 1 heterocycles. The number of benzene rings is 2. The second-order valence-electron chi connectivity index (χ2n) is 8.57. The Bertz CT molecular complexity index is 1040. The van der Waals surface area contributed by atoms with Gasteiger partial charge in [-0.2, -0.15) is 0 Å². The molecule has 1 radical (unpaired) electrons. The number of nitrogens with zero attached hydrogens (tertiary/aromatic N) is 2. The molecule has 2 aromatic carbocycles. The third-order valence-electron chi connectivity index (χ3n) is 6.41. The van der Waals surface area contributed by atoms with Crippen LogP contribution in [-0.4, -0.2) is 45.1 Å². The average molecular weight is 415 g/mol. The summed E-state index contributed by atoms with van der Waals surface area (Å²) in [5, 5.41) is 0. The lowest BCUT2D eigenvalue weighted by molar-refractivity contribution is -0.126. The van der Waals surface area contributed by atoms with E-state index in [1.807, 2.05) is 74.4 Å². The minimum Gasteiger partial charge on any atom is -0.497 e. The number of amides is 1. The van der Waals surface area contributed by atoms with Crippen LogP contribution in [0.15, 0.2) is 48.7 Å². The Morgan fingerprint density at radius 2 is 1.94 bits per heavy atom. The maximum absolute atomic E-state index is 13.6. The number of allylic oxidation sites excluding steroid dienone is 1. The van der Waals surface area contributed by atoms with Crippen LogP contribution in [0.1, 0.15) is 40.7 Å². The van der Waals surface area contributed by atoms with Crippen LogP contribution in [0.5, 0.6) is 5.75 Å². The lowest BCUT2D eigenvalue weighted by Gasteiger charge is -2.37. The number of anilines is 1. The van der Waals surface area contributed by atoms with Crippen molar-refractivity contribution >= 4 is 30.1 Å². The monoisotopic (exact) mass is 415 g/mol. The van der Waals surface area contributed by atoms with Crippen molar-refractivity contribution in [3.05, 3.63) is 65.4 Å². The Morgan fingerprint density at radius 1 is 1.23 bits per heavy atom. The first-order valence-electron chi connectivity index (χ1n) is 10.7. The highest BCUT2D eigenvalue weighted by Crippen LogP contribution is 2.53. The summed E-state index contributed by atoms with van der Waals surface area (Å²) in [6.45, 7) is 2.47. The lowest BCUT2D eigenvalue weighted by Crippen LogP contribution is -2.45. The number of rotatable bonds is 7. The minimum absolute atomic E-state index is 0.0462. The summed E-state index contributed by atoms with van der Waals surface area (Å²) < 4.78 is 5.26. The minimum atomic E-state index is -0.485. The summed E-state index contributed by atoms with van der Waals surface area (Å²) in [6, 6.07) is 11.7. The van der Waals surface area contributed by atoms with Gasteiger partial charge in [0.05, 0.1) is 19.1 Å². The maximum atomic E-state index is 13.6. The van der Waals surface area contributed by atoms with E-state index in [0.29, 0.717) is 12.1 Å². The Balaban J connectivity index is 1.76. The fourth-order valence-corrected chi connectivity index (χ4v) is 4.55. The predicted molar refractivity (Wildman–Crippen MR) is 125 cm³/mol. The third kappa shape index (κ3) is 3.64. The number of ether oxygens (including phenoxy) is 1. The first-order chi connectivity index (χ1) is 14.9. The fourth-order valence-electron chi connectivity index (χ4n) is 4.55. The molecule has 1 spiro atoms. The van der Waals surface area contributed by atoms with Gasteiger partial charge in [0.1, 0.15) is 5.75 Å². The van der Waals surface area contributed by atoms with Crippen molar-refractivity contribution in [2.45, 2.75) is 38.0 Å². The van der Waals surface area contributed by atoms with Gasteiger partial charge in [-0.3, -0.25) is 9.59 Å². The number of carbonyl (C=O) groups excluding carboxylic acids is 2. The van der Waals surface area contributed by atoms with Gasteiger partial charge < -0.3 is 14.5 Å². The topological polar surface area (TPSA) is 49.9 Å². The molecule has 1 saturated carbocycles. The van der Waals surface area contributed by atoms with Crippen molar-refractivity contribution in [3.8, 4) is 5.75 Å². The average Bonchev–Trinajstić information content (AvgIpc) is 2.99. The number of hydrogen-bond acceptors (Lipinski definition) is 4. The molecule has 0 saturated heterocycles. The second-order valence-corrected chi connectivity index (χ2v) is 8.57. The van der Waals surface area contributed by atoms with Gasteiger partial charge in [-0.15, -0.1) is 0 Å². The molecule has 1 aliphatic carbocycles. The van der Waals surface area contributed by atoms with Crippen LogP contribution >= 0.6 is 0 Å². The summed E-state index contributed by atoms with van der Waals surface area (Å²) in [5.74, 6) is 0.903. The zero-order chi connectivity index (χ0) is 22.2. The van der Waals surface area contributed by atoms with Crippen LogP contribution in [0.25, 0.3) is 0 Å². The molecule has 159 valence electrons. The second kappa shape index (κ2) is 8.25. The molecular formula is C25H28BN2O3. The van der Waals surface area contributed by atoms with Crippen LogP contribution in [0.3, 0.4) is 0 Å². The Hall–Kier alpha value is -3.02. The van der Waals surface area contributed by atoms with Crippen LogP contribution in [-0.2, 0) is 16.8 Å². The van der Waals surface area contributed by atoms with Crippen molar-refractivity contribution in [2.75, 3.05) is 26.1 Å². The van der Waals surface area contributed by atoms with Crippen molar-refractivity contribution in [2.24, 2.45) is 0 Å². The van der Waals surface area contributed by atoms with Crippen LogP contribution < -0.4 is 15.1 Å². The first-order valence-corrected chi connectivity index (χ1v) is 10.7. The largest absolute Gasteiger partial charge is 0.497 e. The number of carbonyl (C=O) groups is 2. The molecular weight excluding hydrogens is 387 g/mol. The Kier molecular flexibility index (Phi) is 5.65. The standard InChI is InChI=1S/C25H28BN2O3/c1-26-21-15-18(22(29)10-13-27(2)3)14-20-23(21)28(24(30)25(20)11-5-12-25)16-17-6-8-19(31-4)9-7-17/h6-10,13-15H,5,11-12,16H2,1-4H3/b13-10+. The van der Waals surface area contributed by atoms with Gasteiger partial charge in [0.25, 0.3) is 0 Å². The van der Waals surface area contributed by atoms with Crippen molar-refractivity contribution in [1.29, 1.82) is 0 Å². The third-order valence-corrected chi connectivity index (χ3v) is 6.41. The molecule has 2 aromatic rings. The van der Waals surface area contributed by atoms with Crippen LogP contribution in [0.4, 0.5) is 5.69 Å². The van der Waals surface area contributed by atoms with E-state index < -0.39 is 5.41 Å². The summed E-state index contributed by atoms with van der Waals surface area (Å²) >= 11 is 0. The summed E-state index contributed by atoms with van der Waals surface area (Å²) in [7, 11) is 7.41. The molecule has 5 nitrogen and oxygen atoms in total. The highest BCUT2D eigenvalue weighted by molar-refractivity contribution is 6.55. The van der Waals surface area contributed by atoms with Crippen molar-refractivity contribution in [1.82, 2.24) is 4.90 Å². The van der Waals surface area contributed by atoms with Crippen molar-refractivity contribution in [3.63, 3.8) is 0 Å². The van der Waals surface area contributed by atoms with Crippen LogP contribution in [0, 0.1) is 0 Å². The van der Waals surface area contributed by atoms with Gasteiger partial charge in [-0.05, 0) is 42.2 Å². The lowest BCUT2D eigenvalue weighted by atomic mass is 9.63. The van der Waals surface area contributed by atoms with Gasteiger partial charge in [0.2, 0.25) is 5.91 Å². The highest BCUT2D eigenvalue weighted by Gasteiger charge is 2.55. The summed E-state index contributed by atoms with van der Waals surface area (Å²) in [4.78, 5) is 30.2. The van der Waals surface area contributed by atoms with E-state index in [9.17, 15) is 9.59 Å². The normalized spacial score (nSPS) is 16.4. The zero-order valence-corrected chi connectivity index (χ0v) is 18.6. The van der Waals surface area contributed by atoms with Crippen LogP contribution in [0.2, 0.25) is 6.82 Å². The summed E-state index contributed by atoms with van der Waals surface area (Å²) in [6.07, 6.45) is 6.05. The Labute approximate surface area is 184 Å². The Morgan fingerprint density at radius 3 is 2.48 bits per heavy atom. The quantitative estimate of drug-likeness (QED) is 0.396. The molecule has 31 heavy (non-hydrogen) atoms. The van der Waals surface area contributed by atoms with Gasteiger partial charge in [-0.1, -0.05) is 36.9 Å². The number of methoxy groups -OCH3 is 1. The van der Waals surface area contributed by atoms with Gasteiger partial charge in [-0.25, -0.2) is 0 Å². The summed E-state index contributed by atoms with van der Waals surface area (Å²) in [5.41, 5.74) is 4.10. The van der Waals surface area contributed by atoms with E-state index in [4.69, 9.17) is 4.74 Å². The van der Waals surface area contributed by atoms with E-state index in [2.05, 4.69) is 0 Å². The first kappa shape index (κ1) is 21.2. The molecule has 4 rings (SSSR count). The van der Waals surface area contributed by atoms with Gasteiger partial charge in [0, 0.05) is 37.6 Å². The molecule has 0 N–H and O–H groups in total. The molecule has 0 aromatic heterocycles. The van der Waals surface area contributed by atoms with E-state index in [-0.39, 0.29) is 11.7 Å². The van der Waals surface area contributed by atoms with E-state index >= 15 is 0 Å². The predicted octanol–water partition coefficient (Wildman–Crippen LogP) is 3.30. The van der Waals surface area contributed by atoms with E-state index in [1.165, 1.54) is 0 Å². The number of ketones is 1. The molecule has 0 atom stereocenters. The van der Waals surface area contributed by atoms with Gasteiger partial charge in [0.15, 0.2) is 13.1 Å². The number of fused-ring (bicyclic) bond motifs is 2.